The lowest BCUT2D eigenvalue weighted by Crippen LogP contribution is -2.36. The van der Waals surface area contributed by atoms with E-state index in [1.54, 1.807) is 0 Å². The molecule has 1 unspecified atom stereocenters. The van der Waals surface area contributed by atoms with Crippen molar-refractivity contribution in [3.8, 4) is 5.75 Å². The Labute approximate surface area is 122 Å². The van der Waals surface area contributed by atoms with Gasteiger partial charge in [-0.3, -0.25) is 0 Å². The summed E-state index contributed by atoms with van der Waals surface area (Å²) in [5.41, 5.74) is -0.710. The number of aliphatic hydroxyl groups excluding tert-OH is 1. The van der Waals surface area contributed by atoms with Gasteiger partial charge in [0, 0.05) is 12.6 Å². The van der Waals surface area contributed by atoms with E-state index in [9.17, 15) is 18.3 Å². The molecule has 0 saturated heterocycles. The number of nitrogens with one attached hydrogen (secondary N) is 1. The summed E-state index contributed by atoms with van der Waals surface area (Å²) in [6, 6.07) is 4.93. The lowest BCUT2D eigenvalue weighted by molar-refractivity contribution is -0.137. The Morgan fingerprint density at radius 1 is 1.19 bits per heavy atom. The molecule has 1 aliphatic rings. The van der Waals surface area contributed by atoms with Crippen LogP contribution in [0.25, 0.3) is 0 Å². The normalized spacial score (nSPS) is 17.9. The van der Waals surface area contributed by atoms with Gasteiger partial charge in [-0.05, 0) is 37.1 Å². The summed E-state index contributed by atoms with van der Waals surface area (Å²) < 4.78 is 42.5. The summed E-state index contributed by atoms with van der Waals surface area (Å²) >= 11 is 0. The standard InChI is InChI=1S/C15H20F3NO2/c16-15(17,18)11-5-7-14(8-6-11)21-10-13(20)9-19-12-3-1-2-4-12/h5-8,12-13,19-20H,1-4,9-10H2. The van der Waals surface area contributed by atoms with E-state index in [0.717, 1.165) is 25.0 Å². The maximum absolute atomic E-state index is 12.4. The van der Waals surface area contributed by atoms with Crippen LogP contribution in [0.3, 0.4) is 0 Å². The highest BCUT2D eigenvalue weighted by atomic mass is 19.4. The van der Waals surface area contributed by atoms with Crippen molar-refractivity contribution in [2.75, 3.05) is 13.2 Å². The van der Waals surface area contributed by atoms with E-state index < -0.39 is 17.8 Å². The van der Waals surface area contributed by atoms with Crippen LogP contribution < -0.4 is 10.1 Å². The number of benzene rings is 1. The Morgan fingerprint density at radius 3 is 2.38 bits per heavy atom. The molecule has 1 aromatic carbocycles. The Balaban J connectivity index is 1.71. The van der Waals surface area contributed by atoms with Gasteiger partial charge in [0.15, 0.2) is 0 Å². The highest BCUT2D eigenvalue weighted by molar-refractivity contribution is 5.28. The van der Waals surface area contributed by atoms with Crippen molar-refractivity contribution in [1.29, 1.82) is 0 Å². The predicted octanol–water partition coefficient (Wildman–Crippen LogP) is 2.98. The molecule has 21 heavy (non-hydrogen) atoms. The van der Waals surface area contributed by atoms with Gasteiger partial charge in [0.2, 0.25) is 0 Å². The quantitative estimate of drug-likeness (QED) is 0.849. The van der Waals surface area contributed by atoms with Crippen LogP contribution in [-0.4, -0.2) is 30.4 Å². The van der Waals surface area contributed by atoms with Crippen molar-refractivity contribution in [1.82, 2.24) is 5.32 Å². The second-order valence-electron chi connectivity index (χ2n) is 5.38. The zero-order valence-corrected chi connectivity index (χ0v) is 11.7. The molecule has 1 atom stereocenters. The number of halogens is 3. The first kappa shape index (κ1) is 16.1. The summed E-state index contributed by atoms with van der Waals surface area (Å²) in [5.74, 6) is 0.322. The molecule has 0 spiro atoms. The number of rotatable bonds is 6. The van der Waals surface area contributed by atoms with Crippen LogP contribution in [-0.2, 0) is 6.18 Å². The van der Waals surface area contributed by atoms with Gasteiger partial charge in [-0.1, -0.05) is 12.8 Å². The molecule has 0 aromatic heterocycles. The fraction of sp³-hybridized carbons (Fsp3) is 0.600. The van der Waals surface area contributed by atoms with E-state index in [1.807, 2.05) is 0 Å². The number of ether oxygens (including phenoxy) is 1. The Bertz CT molecular complexity index is 428. The smallest absolute Gasteiger partial charge is 0.416 e. The molecular weight excluding hydrogens is 283 g/mol. The average molecular weight is 303 g/mol. The Kier molecular flexibility index (Phi) is 5.47. The maximum atomic E-state index is 12.4. The van der Waals surface area contributed by atoms with Gasteiger partial charge >= 0.3 is 6.18 Å². The van der Waals surface area contributed by atoms with Crippen molar-refractivity contribution in [2.24, 2.45) is 0 Å². The van der Waals surface area contributed by atoms with Crippen LogP contribution in [0.2, 0.25) is 0 Å². The molecular formula is C15H20F3NO2. The second-order valence-corrected chi connectivity index (χ2v) is 5.38. The SMILES string of the molecule is OC(CNC1CCCC1)COc1ccc(C(F)(F)F)cc1. The molecule has 2 N–H and O–H groups in total. The van der Waals surface area contributed by atoms with Gasteiger partial charge in [0.25, 0.3) is 0 Å². The topological polar surface area (TPSA) is 41.5 Å². The van der Waals surface area contributed by atoms with Gasteiger partial charge in [-0.15, -0.1) is 0 Å². The summed E-state index contributed by atoms with van der Waals surface area (Å²) in [7, 11) is 0. The minimum atomic E-state index is -4.34. The molecule has 6 heteroatoms. The molecule has 1 aromatic rings. The summed E-state index contributed by atoms with van der Waals surface area (Å²) in [5, 5.41) is 13.1. The highest BCUT2D eigenvalue weighted by Crippen LogP contribution is 2.30. The maximum Gasteiger partial charge on any atom is 0.416 e. The van der Waals surface area contributed by atoms with E-state index >= 15 is 0 Å². The fourth-order valence-corrected chi connectivity index (χ4v) is 2.42. The van der Waals surface area contributed by atoms with Crippen LogP contribution >= 0.6 is 0 Å². The average Bonchev–Trinajstić information content (AvgIpc) is 2.95. The van der Waals surface area contributed by atoms with Gasteiger partial charge in [-0.25, -0.2) is 0 Å². The number of aliphatic hydroxyl groups is 1. The van der Waals surface area contributed by atoms with Crippen LogP contribution in [0.15, 0.2) is 24.3 Å². The monoisotopic (exact) mass is 303 g/mol. The highest BCUT2D eigenvalue weighted by Gasteiger charge is 2.30. The van der Waals surface area contributed by atoms with E-state index in [2.05, 4.69) is 5.32 Å². The van der Waals surface area contributed by atoms with E-state index in [0.29, 0.717) is 18.3 Å². The van der Waals surface area contributed by atoms with Crippen molar-refractivity contribution in [3.05, 3.63) is 29.8 Å². The molecule has 118 valence electrons. The molecule has 1 aliphatic carbocycles. The Hall–Kier alpha value is -1.27. The third-order valence-electron chi connectivity index (χ3n) is 3.62. The van der Waals surface area contributed by atoms with Crippen molar-refractivity contribution in [2.45, 2.75) is 44.0 Å². The lowest BCUT2D eigenvalue weighted by Gasteiger charge is -2.17. The molecule has 0 heterocycles. The minimum Gasteiger partial charge on any atom is -0.491 e. The van der Waals surface area contributed by atoms with Gasteiger partial charge in [0.1, 0.15) is 18.5 Å². The zero-order chi connectivity index (χ0) is 15.3. The first-order valence-electron chi connectivity index (χ1n) is 7.16. The van der Waals surface area contributed by atoms with E-state index in [1.165, 1.54) is 25.0 Å². The number of alkyl halides is 3. The number of hydrogen-bond acceptors (Lipinski definition) is 3. The molecule has 0 amide bonds. The first-order valence-corrected chi connectivity index (χ1v) is 7.16. The fourth-order valence-electron chi connectivity index (χ4n) is 2.42. The predicted molar refractivity (Wildman–Crippen MR) is 73.2 cm³/mol. The third-order valence-corrected chi connectivity index (χ3v) is 3.62. The van der Waals surface area contributed by atoms with Gasteiger partial charge in [0.05, 0.1) is 5.56 Å². The molecule has 0 radical (unpaired) electrons. The van der Waals surface area contributed by atoms with Gasteiger partial charge in [-0.2, -0.15) is 13.2 Å². The van der Waals surface area contributed by atoms with Crippen molar-refractivity contribution < 1.29 is 23.0 Å². The van der Waals surface area contributed by atoms with Crippen LogP contribution in [0.5, 0.6) is 5.75 Å². The van der Waals surface area contributed by atoms with Crippen LogP contribution in [0.4, 0.5) is 13.2 Å². The molecule has 2 rings (SSSR count). The van der Waals surface area contributed by atoms with Crippen molar-refractivity contribution in [3.63, 3.8) is 0 Å². The molecule has 1 saturated carbocycles. The number of hydrogen-bond donors (Lipinski definition) is 2. The molecule has 1 fully saturated rings. The molecule has 3 nitrogen and oxygen atoms in total. The Morgan fingerprint density at radius 2 is 1.81 bits per heavy atom. The lowest BCUT2D eigenvalue weighted by atomic mass is 10.2. The summed E-state index contributed by atoms with van der Waals surface area (Å²) in [6.45, 7) is 0.496. The molecule has 0 aliphatic heterocycles. The summed E-state index contributed by atoms with van der Waals surface area (Å²) in [6.07, 6.45) is -0.318. The second kappa shape index (κ2) is 7.13. The van der Waals surface area contributed by atoms with Gasteiger partial charge < -0.3 is 15.2 Å². The first-order chi connectivity index (χ1) is 9.95. The van der Waals surface area contributed by atoms with E-state index in [-0.39, 0.29) is 6.61 Å². The van der Waals surface area contributed by atoms with Crippen LogP contribution in [0.1, 0.15) is 31.2 Å². The van der Waals surface area contributed by atoms with Crippen LogP contribution in [0, 0.1) is 0 Å². The third kappa shape index (κ3) is 5.21. The minimum absolute atomic E-state index is 0.0606. The van der Waals surface area contributed by atoms with E-state index in [4.69, 9.17) is 4.74 Å². The largest absolute Gasteiger partial charge is 0.491 e. The van der Waals surface area contributed by atoms with Crippen molar-refractivity contribution >= 4 is 0 Å². The molecule has 0 bridgehead atoms. The zero-order valence-electron chi connectivity index (χ0n) is 11.7. The summed E-state index contributed by atoms with van der Waals surface area (Å²) in [4.78, 5) is 0.